The standard InChI is InChI=1S/C13H23NO/c1-10(2)12(15)13(14(4)5)8-6-11(3)7-9-13/h11H,1,6-9H2,2-5H3. The number of Topliss-reactive ketones (excluding diaryl/α,β-unsaturated/α-hetero) is 1. The van der Waals surface area contributed by atoms with E-state index in [1.54, 1.807) is 0 Å². The summed E-state index contributed by atoms with van der Waals surface area (Å²) in [6.45, 7) is 7.89. The van der Waals surface area contributed by atoms with E-state index in [0.717, 1.165) is 31.6 Å². The Kier molecular flexibility index (Phi) is 3.72. The summed E-state index contributed by atoms with van der Waals surface area (Å²) in [5.41, 5.74) is 0.427. The van der Waals surface area contributed by atoms with E-state index in [4.69, 9.17) is 0 Å². The topological polar surface area (TPSA) is 20.3 Å². The van der Waals surface area contributed by atoms with Crippen molar-refractivity contribution in [2.45, 2.75) is 45.1 Å². The predicted molar refractivity (Wildman–Crippen MR) is 63.9 cm³/mol. The molecule has 2 heteroatoms. The average molecular weight is 209 g/mol. The number of nitrogens with zero attached hydrogens (tertiary/aromatic N) is 1. The molecule has 1 saturated carbocycles. The third-order valence-corrected chi connectivity index (χ3v) is 3.77. The minimum atomic E-state index is -0.266. The van der Waals surface area contributed by atoms with Gasteiger partial charge in [0.2, 0.25) is 0 Å². The number of hydrogen-bond acceptors (Lipinski definition) is 2. The van der Waals surface area contributed by atoms with Crippen molar-refractivity contribution in [2.24, 2.45) is 5.92 Å². The zero-order chi connectivity index (χ0) is 11.6. The lowest BCUT2D eigenvalue weighted by atomic mass is 9.72. The number of ketones is 1. The summed E-state index contributed by atoms with van der Waals surface area (Å²) in [4.78, 5) is 14.3. The van der Waals surface area contributed by atoms with E-state index < -0.39 is 0 Å². The molecule has 0 saturated heterocycles. The van der Waals surface area contributed by atoms with Gasteiger partial charge < -0.3 is 0 Å². The molecule has 0 aromatic heterocycles. The summed E-state index contributed by atoms with van der Waals surface area (Å²) in [5, 5.41) is 0. The maximum absolute atomic E-state index is 12.2. The van der Waals surface area contributed by atoms with E-state index in [-0.39, 0.29) is 11.3 Å². The Labute approximate surface area is 93.3 Å². The lowest BCUT2D eigenvalue weighted by Crippen LogP contribution is -2.53. The molecule has 0 radical (unpaired) electrons. The van der Waals surface area contributed by atoms with Gasteiger partial charge >= 0.3 is 0 Å². The van der Waals surface area contributed by atoms with Crippen LogP contribution >= 0.6 is 0 Å². The molecule has 0 unspecified atom stereocenters. The molecule has 1 aliphatic carbocycles. The highest BCUT2D eigenvalue weighted by Gasteiger charge is 2.42. The van der Waals surface area contributed by atoms with Crippen LogP contribution in [0.15, 0.2) is 12.2 Å². The molecule has 86 valence electrons. The van der Waals surface area contributed by atoms with Crippen LogP contribution in [0.1, 0.15) is 39.5 Å². The average Bonchev–Trinajstić information content (AvgIpc) is 2.17. The molecule has 0 amide bonds. The molecule has 1 rings (SSSR count). The second-order valence-electron chi connectivity index (χ2n) is 5.22. The Hall–Kier alpha value is -0.630. The number of rotatable bonds is 3. The Morgan fingerprint density at radius 2 is 1.80 bits per heavy atom. The second-order valence-corrected chi connectivity index (χ2v) is 5.22. The van der Waals surface area contributed by atoms with Crippen LogP contribution in [0, 0.1) is 5.92 Å². The number of hydrogen-bond donors (Lipinski definition) is 0. The molecule has 1 aliphatic rings. The van der Waals surface area contributed by atoms with E-state index in [0.29, 0.717) is 5.57 Å². The smallest absolute Gasteiger partial charge is 0.178 e. The van der Waals surface area contributed by atoms with Crippen molar-refractivity contribution in [1.29, 1.82) is 0 Å². The third-order valence-electron chi connectivity index (χ3n) is 3.77. The maximum atomic E-state index is 12.2. The van der Waals surface area contributed by atoms with Gasteiger partial charge in [0.1, 0.15) is 0 Å². The SMILES string of the molecule is C=C(C)C(=O)C1(N(C)C)CCC(C)CC1. The molecule has 0 aromatic rings. The highest BCUT2D eigenvalue weighted by atomic mass is 16.1. The molecule has 0 aliphatic heterocycles. The van der Waals surface area contributed by atoms with Crippen molar-refractivity contribution in [3.8, 4) is 0 Å². The van der Waals surface area contributed by atoms with Gasteiger partial charge in [0.05, 0.1) is 5.54 Å². The first-order valence-corrected chi connectivity index (χ1v) is 5.78. The first kappa shape index (κ1) is 12.4. The van der Waals surface area contributed by atoms with Crippen molar-refractivity contribution in [1.82, 2.24) is 4.90 Å². The van der Waals surface area contributed by atoms with Gasteiger partial charge in [-0.15, -0.1) is 0 Å². The normalized spacial score (nSPS) is 31.7. The van der Waals surface area contributed by atoms with Crippen molar-refractivity contribution in [3.63, 3.8) is 0 Å². The summed E-state index contributed by atoms with van der Waals surface area (Å²) in [7, 11) is 4.02. The van der Waals surface area contributed by atoms with Crippen LogP contribution in [0.4, 0.5) is 0 Å². The van der Waals surface area contributed by atoms with E-state index in [1.807, 2.05) is 21.0 Å². The molecular weight excluding hydrogens is 186 g/mol. The van der Waals surface area contributed by atoms with Crippen LogP contribution in [-0.2, 0) is 4.79 Å². The first-order valence-electron chi connectivity index (χ1n) is 5.78. The number of likely N-dealkylation sites (N-methyl/N-ethyl adjacent to an activating group) is 1. The summed E-state index contributed by atoms with van der Waals surface area (Å²) >= 11 is 0. The monoisotopic (exact) mass is 209 g/mol. The van der Waals surface area contributed by atoms with Gasteiger partial charge in [-0.3, -0.25) is 9.69 Å². The Bertz CT molecular complexity index is 260. The van der Waals surface area contributed by atoms with Crippen molar-refractivity contribution < 1.29 is 4.79 Å². The molecule has 15 heavy (non-hydrogen) atoms. The van der Waals surface area contributed by atoms with Gasteiger partial charge in [-0.1, -0.05) is 13.5 Å². The lowest BCUT2D eigenvalue weighted by molar-refractivity contribution is -0.128. The fourth-order valence-electron chi connectivity index (χ4n) is 2.51. The number of carbonyl (C=O) groups excluding carboxylic acids is 1. The molecule has 0 bridgehead atoms. The van der Waals surface area contributed by atoms with E-state index in [1.165, 1.54) is 0 Å². The first-order chi connectivity index (χ1) is 6.90. The van der Waals surface area contributed by atoms with E-state index in [2.05, 4.69) is 18.4 Å². The third kappa shape index (κ3) is 2.31. The fourth-order valence-corrected chi connectivity index (χ4v) is 2.51. The van der Waals surface area contributed by atoms with Crippen LogP contribution in [0.5, 0.6) is 0 Å². The Morgan fingerprint density at radius 3 is 2.13 bits per heavy atom. The van der Waals surface area contributed by atoms with Crippen LogP contribution in [0.25, 0.3) is 0 Å². The van der Waals surface area contributed by atoms with E-state index >= 15 is 0 Å². The van der Waals surface area contributed by atoms with Gasteiger partial charge in [0, 0.05) is 0 Å². The predicted octanol–water partition coefficient (Wildman–Crippen LogP) is 2.64. The molecule has 2 nitrogen and oxygen atoms in total. The molecule has 0 N–H and O–H groups in total. The van der Waals surface area contributed by atoms with Gasteiger partial charge in [-0.25, -0.2) is 0 Å². The van der Waals surface area contributed by atoms with Gasteiger partial charge in [-0.2, -0.15) is 0 Å². The minimum absolute atomic E-state index is 0.236. The second kappa shape index (κ2) is 4.48. The van der Waals surface area contributed by atoms with Gasteiger partial charge in [0.25, 0.3) is 0 Å². The highest BCUT2D eigenvalue weighted by Crippen LogP contribution is 2.37. The van der Waals surface area contributed by atoms with Gasteiger partial charge in [0.15, 0.2) is 5.78 Å². The van der Waals surface area contributed by atoms with E-state index in [9.17, 15) is 4.79 Å². The summed E-state index contributed by atoms with van der Waals surface area (Å²) in [5.74, 6) is 0.996. The molecule has 0 atom stereocenters. The lowest BCUT2D eigenvalue weighted by Gasteiger charge is -2.43. The van der Waals surface area contributed by atoms with Crippen LogP contribution in [0.3, 0.4) is 0 Å². The Balaban J connectivity index is 2.90. The molecular formula is C13H23NO. The quantitative estimate of drug-likeness (QED) is 0.666. The van der Waals surface area contributed by atoms with Crippen molar-refractivity contribution >= 4 is 5.78 Å². The Morgan fingerprint density at radius 1 is 1.33 bits per heavy atom. The fraction of sp³-hybridized carbons (Fsp3) is 0.769. The summed E-state index contributed by atoms with van der Waals surface area (Å²) < 4.78 is 0. The zero-order valence-electron chi connectivity index (χ0n) is 10.5. The van der Waals surface area contributed by atoms with Crippen LogP contribution < -0.4 is 0 Å². The molecule has 0 heterocycles. The summed E-state index contributed by atoms with van der Waals surface area (Å²) in [6, 6.07) is 0. The highest BCUT2D eigenvalue weighted by molar-refractivity contribution is 6.01. The van der Waals surface area contributed by atoms with Crippen LogP contribution in [0.2, 0.25) is 0 Å². The molecule has 1 fully saturated rings. The molecule has 0 spiro atoms. The molecule has 0 aromatic carbocycles. The van der Waals surface area contributed by atoms with Gasteiger partial charge in [-0.05, 0) is 58.2 Å². The maximum Gasteiger partial charge on any atom is 0.178 e. The van der Waals surface area contributed by atoms with Crippen molar-refractivity contribution in [3.05, 3.63) is 12.2 Å². The van der Waals surface area contributed by atoms with Crippen molar-refractivity contribution in [2.75, 3.05) is 14.1 Å². The minimum Gasteiger partial charge on any atom is -0.297 e. The summed E-state index contributed by atoms with van der Waals surface area (Å²) in [6.07, 6.45) is 4.26. The number of carbonyl (C=O) groups is 1. The zero-order valence-corrected chi connectivity index (χ0v) is 10.5. The largest absolute Gasteiger partial charge is 0.297 e. The van der Waals surface area contributed by atoms with Crippen LogP contribution in [-0.4, -0.2) is 30.3 Å².